The fourth-order valence-corrected chi connectivity index (χ4v) is 4.28. The number of amides is 1. The molecule has 4 heterocycles. The average molecular weight is 460 g/mol. The Labute approximate surface area is 193 Å². The maximum atomic E-state index is 12.7. The van der Waals surface area contributed by atoms with Crippen molar-refractivity contribution in [1.29, 1.82) is 0 Å². The van der Waals surface area contributed by atoms with Gasteiger partial charge in [-0.2, -0.15) is 0 Å². The molecule has 1 amide bonds. The number of carbonyl (C=O) groups excluding carboxylic acids is 1. The van der Waals surface area contributed by atoms with Gasteiger partial charge in [0, 0.05) is 50.4 Å². The summed E-state index contributed by atoms with van der Waals surface area (Å²) in [6, 6.07) is 3.85. The molecule has 2 aromatic rings. The van der Waals surface area contributed by atoms with Crippen molar-refractivity contribution in [1.82, 2.24) is 20.2 Å². The van der Waals surface area contributed by atoms with Crippen molar-refractivity contribution in [2.75, 3.05) is 64.1 Å². The van der Waals surface area contributed by atoms with E-state index in [1.54, 1.807) is 0 Å². The van der Waals surface area contributed by atoms with Gasteiger partial charge in [0.1, 0.15) is 11.5 Å². The summed E-state index contributed by atoms with van der Waals surface area (Å²) in [4.78, 5) is 37.0. The Morgan fingerprint density at radius 3 is 2.45 bits per heavy atom. The van der Waals surface area contributed by atoms with E-state index in [-0.39, 0.29) is 23.9 Å². The first-order chi connectivity index (χ1) is 16.0. The molecule has 0 aliphatic carbocycles. The number of ether oxygens (including phenoxy) is 2. The van der Waals surface area contributed by atoms with Crippen molar-refractivity contribution in [2.45, 2.75) is 32.7 Å². The third-order valence-corrected chi connectivity index (χ3v) is 6.19. The van der Waals surface area contributed by atoms with E-state index in [9.17, 15) is 9.59 Å². The number of morpholine rings is 2. The van der Waals surface area contributed by atoms with Gasteiger partial charge in [0.2, 0.25) is 11.9 Å². The molecule has 2 N–H and O–H groups in total. The van der Waals surface area contributed by atoms with E-state index in [1.165, 1.54) is 0 Å². The molecular formula is C23H33N5O5. The van der Waals surface area contributed by atoms with Crippen molar-refractivity contribution in [3.05, 3.63) is 45.3 Å². The van der Waals surface area contributed by atoms with Gasteiger partial charge < -0.3 is 24.1 Å². The van der Waals surface area contributed by atoms with Crippen LogP contribution in [-0.4, -0.2) is 79.9 Å². The summed E-state index contributed by atoms with van der Waals surface area (Å²) >= 11 is 0. The van der Waals surface area contributed by atoms with Crippen LogP contribution in [0.15, 0.2) is 21.3 Å². The first-order valence-corrected chi connectivity index (χ1v) is 11.6. The third kappa shape index (κ3) is 6.01. The lowest BCUT2D eigenvalue weighted by atomic mass is 10.1. The highest BCUT2D eigenvalue weighted by atomic mass is 16.5. The molecule has 0 bridgehead atoms. The van der Waals surface area contributed by atoms with Gasteiger partial charge in [-0.1, -0.05) is 0 Å². The van der Waals surface area contributed by atoms with Gasteiger partial charge in [-0.15, -0.1) is 0 Å². The van der Waals surface area contributed by atoms with E-state index in [0.29, 0.717) is 69.7 Å². The lowest BCUT2D eigenvalue weighted by molar-refractivity contribution is -0.121. The SMILES string of the molecule is Cc1ccc(C(CNC(=O)CCc2c(C)nc(N3CCOCC3)[nH]c2=O)N2CCOCC2)o1. The number of furan rings is 1. The number of hydrogen-bond acceptors (Lipinski definition) is 8. The highest BCUT2D eigenvalue weighted by Crippen LogP contribution is 2.23. The van der Waals surface area contributed by atoms with Crippen LogP contribution in [0.1, 0.15) is 35.2 Å². The molecule has 1 atom stereocenters. The molecule has 0 saturated carbocycles. The first-order valence-electron chi connectivity index (χ1n) is 11.6. The molecule has 1 unspecified atom stereocenters. The third-order valence-electron chi connectivity index (χ3n) is 6.19. The van der Waals surface area contributed by atoms with Crippen molar-refractivity contribution in [3.8, 4) is 0 Å². The average Bonchev–Trinajstić information content (AvgIpc) is 3.25. The van der Waals surface area contributed by atoms with Crippen molar-refractivity contribution >= 4 is 11.9 Å². The van der Waals surface area contributed by atoms with Gasteiger partial charge in [-0.3, -0.25) is 19.5 Å². The van der Waals surface area contributed by atoms with Crippen LogP contribution in [0.3, 0.4) is 0 Å². The van der Waals surface area contributed by atoms with Crippen LogP contribution in [0.5, 0.6) is 0 Å². The van der Waals surface area contributed by atoms with Gasteiger partial charge in [0.05, 0.1) is 32.5 Å². The van der Waals surface area contributed by atoms with Crippen LogP contribution < -0.4 is 15.8 Å². The molecule has 0 spiro atoms. The highest BCUT2D eigenvalue weighted by Gasteiger charge is 2.26. The molecule has 0 radical (unpaired) electrons. The molecule has 2 fully saturated rings. The smallest absolute Gasteiger partial charge is 0.255 e. The molecule has 33 heavy (non-hydrogen) atoms. The Hall–Kier alpha value is -2.69. The lowest BCUT2D eigenvalue weighted by Gasteiger charge is -2.33. The van der Waals surface area contributed by atoms with Crippen LogP contribution in [-0.2, 0) is 20.7 Å². The summed E-state index contributed by atoms with van der Waals surface area (Å²) < 4.78 is 16.7. The summed E-state index contributed by atoms with van der Waals surface area (Å²) in [5.41, 5.74) is 1.02. The van der Waals surface area contributed by atoms with E-state index < -0.39 is 0 Å². The maximum Gasteiger partial charge on any atom is 0.255 e. The number of aromatic amines is 1. The van der Waals surface area contributed by atoms with Gasteiger partial charge >= 0.3 is 0 Å². The molecular weight excluding hydrogens is 426 g/mol. The van der Waals surface area contributed by atoms with E-state index in [2.05, 4.69) is 20.2 Å². The number of aryl methyl sites for hydroxylation is 2. The molecule has 2 saturated heterocycles. The van der Waals surface area contributed by atoms with Crippen LogP contribution >= 0.6 is 0 Å². The molecule has 10 nitrogen and oxygen atoms in total. The van der Waals surface area contributed by atoms with Crippen LogP contribution in [0.4, 0.5) is 5.95 Å². The molecule has 4 rings (SSSR count). The zero-order chi connectivity index (χ0) is 23.2. The largest absolute Gasteiger partial charge is 0.465 e. The molecule has 2 aliphatic heterocycles. The normalized spacial score (nSPS) is 18.3. The predicted octanol–water partition coefficient (Wildman–Crippen LogP) is 0.939. The number of anilines is 1. The Morgan fingerprint density at radius 1 is 1.12 bits per heavy atom. The van der Waals surface area contributed by atoms with Crippen molar-refractivity contribution < 1.29 is 18.7 Å². The minimum atomic E-state index is -0.186. The van der Waals surface area contributed by atoms with E-state index in [4.69, 9.17) is 13.9 Å². The standard InChI is InChI=1S/C23H33N5O5/c1-16-3-5-20(33-16)19(27-7-11-31-12-8-27)15-24-21(29)6-4-18-17(2)25-23(26-22(18)30)28-9-13-32-14-10-28/h3,5,19H,4,6-15H2,1-2H3,(H,24,29)(H,25,26,30). The minimum absolute atomic E-state index is 0.0499. The molecule has 2 aliphatic rings. The Morgan fingerprint density at radius 2 is 1.82 bits per heavy atom. The molecule has 0 aromatic carbocycles. The summed E-state index contributed by atoms with van der Waals surface area (Å²) in [7, 11) is 0. The van der Waals surface area contributed by atoms with E-state index >= 15 is 0 Å². The fraction of sp³-hybridized carbons (Fsp3) is 0.609. The molecule has 180 valence electrons. The summed E-state index contributed by atoms with van der Waals surface area (Å²) in [5.74, 6) is 2.14. The Bertz CT molecular complexity index is 991. The number of nitrogens with zero attached hydrogens (tertiary/aromatic N) is 3. The van der Waals surface area contributed by atoms with Crippen molar-refractivity contribution in [3.63, 3.8) is 0 Å². The fourth-order valence-electron chi connectivity index (χ4n) is 4.28. The number of hydrogen-bond donors (Lipinski definition) is 2. The zero-order valence-electron chi connectivity index (χ0n) is 19.4. The lowest BCUT2D eigenvalue weighted by Crippen LogP contribution is -2.43. The first kappa shape index (κ1) is 23.5. The van der Waals surface area contributed by atoms with E-state index in [1.807, 2.05) is 30.9 Å². The monoisotopic (exact) mass is 459 g/mol. The topological polar surface area (TPSA) is 113 Å². The van der Waals surface area contributed by atoms with Gasteiger partial charge in [-0.25, -0.2) is 4.98 Å². The number of nitrogens with one attached hydrogen (secondary N) is 2. The second-order valence-corrected chi connectivity index (χ2v) is 8.47. The summed E-state index contributed by atoms with van der Waals surface area (Å²) in [5, 5.41) is 3.02. The number of H-pyrrole nitrogens is 1. The second-order valence-electron chi connectivity index (χ2n) is 8.47. The summed E-state index contributed by atoms with van der Waals surface area (Å²) in [6.07, 6.45) is 0.557. The highest BCUT2D eigenvalue weighted by molar-refractivity contribution is 5.76. The van der Waals surface area contributed by atoms with Crippen LogP contribution in [0.2, 0.25) is 0 Å². The number of carbonyl (C=O) groups is 1. The zero-order valence-corrected chi connectivity index (χ0v) is 19.4. The van der Waals surface area contributed by atoms with Crippen LogP contribution in [0, 0.1) is 13.8 Å². The van der Waals surface area contributed by atoms with Gasteiger partial charge in [0.25, 0.3) is 5.56 Å². The summed E-state index contributed by atoms with van der Waals surface area (Å²) in [6.45, 7) is 9.71. The number of rotatable bonds is 8. The Kier molecular flexibility index (Phi) is 7.79. The minimum Gasteiger partial charge on any atom is -0.465 e. The quantitative estimate of drug-likeness (QED) is 0.600. The maximum absolute atomic E-state index is 12.7. The van der Waals surface area contributed by atoms with Crippen LogP contribution in [0.25, 0.3) is 0 Å². The van der Waals surface area contributed by atoms with Gasteiger partial charge in [0.15, 0.2) is 0 Å². The number of aromatic nitrogens is 2. The van der Waals surface area contributed by atoms with Crippen molar-refractivity contribution in [2.24, 2.45) is 0 Å². The van der Waals surface area contributed by atoms with Gasteiger partial charge in [-0.05, 0) is 32.4 Å². The molecule has 10 heteroatoms. The molecule has 2 aromatic heterocycles. The van der Waals surface area contributed by atoms with E-state index in [0.717, 1.165) is 24.6 Å². The second kappa shape index (κ2) is 11.0. The predicted molar refractivity (Wildman–Crippen MR) is 123 cm³/mol. The Balaban J connectivity index is 1.34.